The van der Waals surface area contributed by atoms with Gasteiger partial charge in [0.1, 0.15) is 0 Å². The average Bonchev–Trinajstić information content (AvgIpc) is 2.73. The Morgan fingerprint density at radius 2 is 2.44 bits per heavy atom. The van der Waals surface area contributed by atoms with Gasteiger partial charge in [0.25, 0.3) is 5.56 Å². The molecule has 16 heavy (non-hydrogen) atoms. The normalized spacial score (nSPS) is 11.3. The van der Waals surface area contributed by atoms with Crippen LogP contribution in [0.3, 0.4) is 0 Å². The number of fused-ring (bicyclic) bond motifs is 1. The van der Waals surface area contributed by atoms with E-state index < -0.39 is 0 Å². The van der Waals surface area contributed by atoms with E-state index in [1.165, 1.54) is 6.33 Å². The number of aromatic amines is 2. The molecule has 0 radical (unpaired) electrons. The number of hydrogen-bond donors (Lipinski definition) is 4. The van der Waals surface area contributed by atoms with E-state index >= 15 is 0 Å². The average molecular weight is 221 g/mol. The summed E-state index contributed by atoms with van der Waals surface area (Å²) in [5, 5.41) is 11.3. The molecule has 2 rings (SSSR count). The maximum atomic E-state index is 11.5. The van der Waals surface area contributed by atoms with Gasteiger partial charge in [0, 0.05) is 6.61 Å². The zero-order chi connectivity index (χ0) is 11.4. The first-order valence-electron chi connectivity index (χ1n) is 4.77. The van der Waals surface area contributed by atoms with Gasteiger partial charge in [-0.1, -0.05) is 6.08 Å². The van der Waals surface area contributed by atoms with E-state index in [9.17, 15) is 4.79 Å². The minimum absolute atomic E-state index is 0.0839. The van der Waals surface area contributed by atoms with E-state index in [2.05, 4.69) is 25.3 Å². The first-order valence-corrected chi connectivity index (χ1v) is 4.77. The highest BCUT2D eigenvalue weighted by Crippen LogP contribution is 2.02. The SMILES string of the molecule is O=c1[nH]c(NC=CCCO)nc2nc[nH]c12. The molecule has 0 fully saturated rings. The Balaban J connectivity index is 2.22. The van der Waals surface area contributed by atoms with Gasteiger partial charge in [-0.05, 0) is 12.6 Å². The molecule has 0 amide bonds. The molecule has 84 valence electrons. The van der Waals surface area contributed by atoms with Gasteiger partial charge in [0.05, 0.1) is 6.33 Å². The summed E-state index contributed by atoms with van der Waals surface area (Å²) in [6.45, 7) is 0.0839. The summed E-state index contributed by atoms with van der Waals surface area (Å²) < 4.78 is 0. The number of aromatic nitrogens is 4. The Labute approximate surface area is 90.3 Å². The van der Waals surface area contributed by atoms with Crippen LogP contribution >= 0.6 is 0 Å². The van der Waals surface area contributed by atoms with Crippen LogP contribution in [-0.4, -0.2) is 31.6 Å². The number of nitrogens with zero attached hydrogens (tertiary/aromatic N) is 2. The lowest BCUT2D eigenvalue weighted by Crippen LogP contribution is -2.10. The highest BCUT2D eigenvalue weighted by atomic mass is 16.2. The third kappa shape index (κ3) is 2.09. The van der Waals surface area contributed by atoms with Crippen LogP contribution in [0.4, 0.5) is 5.95 Å². The predicted octanol–water partition coefficient (Wildman–Crippen LogP) is -0.0458. The van der Waals surface area contributed by atoms with Gasteiger partial charge >= 0.3 is 0 Å². The third-order valence-corrected chi connectivity index (χ3v) is 1.93. The van der Waals surface area contributed by atoms with Crippen LogP contribution in [0.15, 0.2) is 23.4 Å². The minimum atomic E-state index is -0.277. The highest BCUT2D eigenvalue weighted by Gasteiger charge is 2.03. The minimum Gasteiger partial charge on any atom is -0.396 e. The molecule has 0 aliphatic carbocycles. The van der Waals surface area contributed by atoms with Gasteiger partial charge in [-0.25, -0.2) is 4.98 Å². The zero-order valence-corrected chi connectivity index (χ0v) is 8.40. The van der Waals surface area contributed by atoms with Gasteiger partial charge in [-0.3, -0.25) is 9.78 Å². The second-order valence-corrected chi connectivity index (χ2v) is 3.07. The molecule has 0 aliphatic heterocycles. The lowest BCUT2D eigenvalue weighted by Gasteiger charge is -1.98. The monoisotopic (exact) mass is 221 g/mol. The van der Waals surface area contributed by atoms with Crippen molar-refractivity contribution in [1.82, 2.24) is 19.9 Å². The molecule has 4 N–H and O–H groups in total. The number of imidazole rings is 1. The number of anilines is 1. The molecule has 2 aromatic rings. The topological polar surface area (TPSA) is 107 Å². The number of H-pyrrole nitrogens is 2. The van der Waals surface area contributed by atoms with Crippen LogP contribution < -0.4 is 10.9 Å². The molecule has 0 bridgehead atoms. The van der Waals surface area contributed by atoms with Crippen LogP contribution in [0.2, 0.25) is 0 Å². The Hall–Kier alpha value is -2.15. The maximum Gasteiger partial charge on any atom is 0.278 e. The Morgan fingerprint density at radius 3 is 3.25 bits per heavy atom. The quantitative estimate of drug-likeness (QED) is 0.579. The van der Waals surface area contributed by atoms with Crippen molar-refractivity contribution in [2.45, 2.75) is 6.42 Å². The summed E-state index contributed by atoms with van der Waals surface area (Å²) in [6, 6.07) is 0. The lowest BCUT2D eigenvalue weighted by atomic mass is 10.4. The van der Waals surface area contributed by atoms with E-state index in [0.717, 1.165) is 0 Å². The molecule has 2 aromatic heterocycles. The van der Waals surface area contributed by atoms with Crippen molar-refractivity contribution in [3.63, 3.8) is 0 Å². The first kappa shape index (κ1) is 10.4. The van der Waals surface area contributed by atoms with Crippen LogP contribution in [0, 0.1) is 0 Å². The number of aliphatic hydroxyl groups excluding tert-OH is 1. The fourth-order valence-corrected chi connectivity index (χ4v) is 1.21. The zero-order valence-electron chi connectivity index (χ0n) is 8.40. The molecular weight excluding hydrogens is 210 g/mol. The molecular formula is C9H11N5O2. The standard InChI is InChI=1S/C9H11N5O2/c15-4-2-1-3-10-9-13-7-6(8(16)14-9)11-5-12-7/h1,3,5,15H,2,4H2,(H3,10,11,12,13,14,16). The van der Waals surface area contributed by atoms with E-state index in [-0.39, 0.29) is 12.2 Å². The van der Waals surface area contributed by atoms with Crippen molar-refractivity contribution in [2.75, 3.05) is 11.9 Å². The van der Waals surface area contributed by atoms with Crippen LogP contribution in [0.5, 0.6) is 0 Å². The number of hydrogen-bond acceptors (Lipinski definition) is 5. The van der Waals surface area contributed by atoms with Gasteiger partial charge in [-0.15, -0.1) is 0 Å². The summed E-state index contributed by atoms with van der Waals surface area (Å²) in [7, 11) is 0. The van der Waals surface area contributed by atoms with Crippen molar-refractivity contribution < 1.29 is 5.11 Å². The van der Waals surface area contributed by atoms with Crippen LogP contribution in [0.1, 0.15) is 6.42 Å². The molecule has 0 spiro atoms. The molecule has 0 unspecified atom stereocenters. The highest BCUT2D eigenvalue weighted by molar-refractivity contribution is 5.69. The molecule has 2 heterocycles. The predicted molar refractivity (Wildman–Crippen MR) is 59.0 cm³/mol. The number of rotatable bonds is 4. The fraction of sp³-hybridized carbons (Fsp3) is 0.222. The second kappa shape index (κ2) is 4.58. The molecule has 0 atom stereocenters. The Kier molecular flexibility index (Phi) is 2.97. The van der Waals surface area contributed by atoms with Crippen molar-refractivity contribution in [3.8, 4) is 0 Å². The summed E-state index contributed by atoms with van der Waals surface area (Å²) in [5.74, 6) is 0.318. The van der Waals surface area contributed by atoms with Crippen molar-refractivity contribution >= 4 is 17.1 Å². The van der Waals surface area contributed by atoms with Gasteiger partial charge < -0.3 is 15.4 Å². The summed E-state index contributed by atoms with van der Waals surface area (Å²) in [5.41, 5.74) is 0.437. The largest absolute Gasteiger partial charge is 0.396 e. The smallest absolute Gasteiger partial charge is 0.278 e. The summed E-state index contributed by atoms with van der Waals surface area (Å²) in [6.07, 6.45) is 5.29. The van der Waals surface area contributed by atoms with E-state index in [4.69, 9.17) is 5.11 Å². The van der Waals surface area contributed by atoms with Gasteiger partial charge in [0.15, 0.2) is 11.2 Å². The molecule has 0 aliphatic rings. The van der Waals surface area contributed by atoms with Gasteiger partial charge in [0.2, 0.25) is 5.95 Å². The molecule has 7 heteroatoms. The third-order valence-electron chi connectivity index (χ3n) is 1.93. The van der Waals surface area contributed by atoms with Crippen molar-refractivity contribution in [1.29, 1.82) is 0 Å². The fourth-order valence-electron chi connectivity index (χ4n) is 1.21. The summed E-state index contributed by atoms with van der Waals surface area (Å²) >= 11 is 0. The maximum absolute atomic E-state index is 11.5. The Bertz CT molecular complexity index is 556. The number of nitrogens with one attached hydrogen (secondary N) is 3. The second-order valence-electron chi connectivity index (χ2n) is 3.07. The number of aliphatic hydroxyl groups is 1. The van der Waals surface area contributed by atoms with E-state index in [1.54, 1.807) is 12.3 Å². The Morgan fingerprint density at radius 1 is 1.56 bits per heavy atom. The molecule has 0 saturated carbocycles. The van der Waals surface area contributed by atoms with Crippen LogP contribution in [-0.2, 0) is 0 Å². The lowest BCUT2D eigenvalue weighted by molar-refractivity contribution is 0.302. The molecule has 7 nitrogen and oxygen atoms in total. The molecule has 0 aromatic carbocycles. The van der Waals surface area contributed by atoms with E-state index in [1.807, 2.05) is 0 Å². The van der Waals surface area contributed by atoms with E-state index in [0.29, 0.717) is 23.5 Å². The first-order chi connectivity index (χ1) is 7.81. The summed E-state index contributed by atoms with van der Waals surface area (Å²) in [4.78, 5) is 24.7. The molecule has 0 saturated heterocycles. The van der Waals surface area contributed by atoms with Crippen molar-refractivity contribution in [3.05, 3.63) is 29.0 Å². The van der Waals surface area contributed by atoms with Crippen LogP contribution in [0.25, 0.3) is 11.2 Å². The van der Waals surface area contributed by atoms with Gasteiger partial charge in [-0.2, -0.15) is 4.98 Å². The van der Waals surface area contributed by atoms with Crippen molar-refractivity contribution in [2.24, 2.45) is 0 Å².